The predicted molar refractivity (Wildman–Crippen MR) is 88.2 cm³/mol. The lowest BCUT2D eigenvalue weighted by molar-refractivity contribution is 0.102. The molecular formula is C18H11F4N3O. The summed E-state index contributed by atoms with van der Waals surface area (Å²) in [5.74, 6) is -5.31. The van der Waals surface area contributed by atoms with Crippen molar-refractivity contribution in [2.24, 2.45) is 0 Å². The number of carbonyl (C=O) groups excluding carboxylic acids is 1. The Bertz CT molecular complexity index is 961. The zero-order chi connectivity index (χ0) is 18.7. The third kappa shape index (κ3) is 3.80. The number of rotatable bonds is 4. The molecule has 26 heavy (non-hydrogen) atoms. The van der Waals surface area contributed by atoms with Crippen LogP contribution in [0.5, 0.6) is 0 Å². The Morgan fingerprint density at radius 1 is 0.885 bits per heavy atom. The third-order valence-electron chi connectivity index (χ3n) is 3.39. The number of amides is 1. The molecule has 132 valence electrons. The molecular weight excluding hydrogens is 350 g/mol. The van der Waals surface area contributed by atoms with Crippen molar-refractivity contribution in [2.75, 3.05) is 10.6 Å². The van der Waals surface area contributed by atoms with E-state index in [9.17, 15) is 22.4 Å². The highest BCUT2D eigenvalue weighted by atomic mass is 19.2. The number of hydrogen-bond acceptors (Lipinski definition) is 3. The second-order valence-corrected chi connectivity index (χ2v) is 5.24. The van der Waals surface area contributed by atoms with E-state index in [-0.39, 0.29) is 22.8 Å². The molecule has 1 heterocycles. The van der Waals surface area contributed by atoms with Crippen LogP contribution in [0.4, 0.5) is 34.6 Å². The molecule has 0 aliphatic heterocycles. The summed E-state index contributed by atoms with van der Waals surface area (Å²) >= 11 is 0. The SMILES string of the molecule is O=C(Nc1cccc(F)c1)c1ccc(Nc2ccc(F)c(F)c2F)cn1. The van der Waals surface area contributed by atoms with E-state index in [4.69, 9.17) is 0 Å². The Labute approximate surface area is 145 Å². The number of nitrogens with one attached hydrogen (secondary N) is 2. The van der Waals surface area contributed by atoms with Gasteiger partial charge in [-0.05, 0) is 42.5 Å². The quantitative estimate of drug-likeness (QED) is 0.526. The van der Waals surface area contributed by atoms with Gasteiger partial charge in [0.2, 0.25) is 0 Å². The number of anilines is 3. The van der Waals surface area contributed by atoms with E-state index in [0.717, 1.165) is 18.2 Å². The van der Waals surface area contributed by atoms with Gasteiger partial charge in [0.05, 0.1) is 17.6 Å². The lowest BCUT2D eigenvalue weighted by atomic mass is 10.2. The van der Waals surface area contributed by atoms with E-state index in [1.165, 1.54) is 36.5 Å². The third-order valence-corrected chi connectivity index (χ3v) is 3.39. The van der Waals surface area contributed by atoms with Gasteiger partial charge in [0.15, 0.2) is 17.5 Å². The summed E-state index contributed by atoms with van der Waals surface area (Å²) in [6.07, 6.45) is 1.22. The van der Waals surface area contributed by atoms with E-state index in [2.05, 4.69) is 15.6 Å². The first-order chi connectivity index (χ1) is 12.4. The summed E-state index contributed by atoms with van der Waals surface area (Å²) < 4.78 is 52.9. The van der Waals surface area contributed by atoms with E-state index < -0.39 is 29.2 Å². The lowest BCUT2D eigenvalue weighted by Gasteiger charge is -2.09. The number of hydrogen-bond donors (Lipinski definition) is 2. The Morgan fingerprint density at radius 3 is 2.38 bits per heavy atom. The number of aromatic nitrogens is 1. The molecule has 1 amide bonds. The van der Waals surface area contributed by atoms with Gasteiger partial charge in [-0.25, -0.2) is 22.5 Å². The molecule has 8 heteroatoms. The fourth-order valence-electron chi connectivity index (χ4n) is 2.14. The normalized spacial score (nSPS) is 10.5. The van der Waals surface area contributed by atoms with Crippen LogP contribution < -0.4 is 10.6 Å². The van der Waals surface area contributed by atoms with Gasteiger partial charge < -0.3 is 10.6 Å². The molecule has 0 aliphatic carbocycles. The minimum Gasteiger partial charge on any atom is -0.352 e. The number of carbonyl (C=O) groups is 1. The highest BCUT2D eigenvalue weighted by molar-refractivity contribution is 6.02. The Kier molecular flexibility index (Phi) is 4.83. The average Bonchev–Trinajstić information content (AvgIpc) is 2.63. The lowest BCUT2D eigenvalue weighted by Crippen LogP contribution is -2.13. The Balaban J connectivity index is 1.72. The largest absolute Gasteiger partial charge is 0.352 e. The molecule has 2 N–H and O–H groups in total. The van der Waals surface area contributed by atoms with Crippen LogP contribution in [-0.4, -0.2) is 10.9 Å². The van der Waals surface area contributed by atoms with Crippen molar-refractivity contribution in [1.82, 2.24) is 4.98 Å². The molecule has 2 aromatic carbocycles. The van der Waals surface area contributed by atoms with Crippen molar-refractivity contribution < 1.29 is 22.4 Å². The predicted octanol–water partition coefficient (Wildman–Crippen LogP) is 4.63. The van der Waals surface area contributed by atoms with Gasteiger partial charge in [0.25, 0.3) is 5.91 Å². The standard InChI is InChI=1S/C18H11F4N3O/c19-10-2-1-3-11(8-10)25-18(26)15-6-4-12(9-23-15)24-14-7-5-13(20)16(21)17(14)22/h1-9,24H,(H,25,26). The first-order valence-corrected chi connectivity index (χ1v) is 7.37. The van der Waals surface area contributed by atoms with Gasteiger partial charge in [0, 0.05) is 5.69 Å². The molecule has 3 aromatic rings. The summed E-state index contributed by atoms with van der Waals surface area (Å²) in [5, 5.41) is 5.02. The smallest absolute Gasteiger partial charge is 0.274 e. The van der Waals surface area contributed by atoms with Crippen LogP contribution >= 0.6 is 0 Å². The van der Waals surface area contributed by atoms with Crippen molar-refractivity contribution in [3.8, 4) is 0 Å². The summed E-state index contributed by atoms with van der Waals surface area (Å²) in [5.41, 5.74) is 0.285. The Morgan fingerprint density at radius 2 is 1.69 bits per heavy atom. The molecule has 0 bridgehead atoms. The second kappa shape index (κ2) is 7.22. The van der Waals surface area contributed by atoms with Gasteiger partial charge in [-0.3, -0.25) is 4.79 Å². The molecule has 0 spiro atoms. The van der Waals surface area contributed by atoms with Crippen molar-refractivity contribution in [1.29, 1.82) is 0 Å². The van der Waals surface area contributed by atoms with Gasteiger partial charge >= 0.3 is 0 Å². The van der Waals surface area contributed by atoms with Crippen LogP contribution in [0, 0.1) is 23.3 Å². The van der Waals surface area contributed by atoms with Crippen LogP contribution in [0.25, 0.3) is 0 Å². The fraction of sp³-hybridized carbons (Fsp3) is 0. The maximum absolute atomic E-state index is 13.6. The van der Waals surface area contributed by atoms with Gasteiger partial charge in [-0.15, -0.1) is 0 Å². The van der Waals surface area contributed by atoms with Crippen LogP contribution in [0.2, 0.25) is 0 Å². The first-order valence-electron chi connectivity index (χ1n) is 7.37. The van der Waals surface area contributed by atoms with Gasteiger partial charge in [-0.1, -0.05) is 6.07 Å². The molecule has 4 nitrogen and oxygen atoms in total. The molecule has 0 saturated heterocycles. The monoisotopic (exact) mass is 361 g/mol. The van der Waals surface area contributed by atoms with Crippen molar-refractivity contribution in [2.45, 2.75) is 0 Å². The number of nitrogens with zero attached hydrogens (tertiary/aromatic N) is 1. The highest BCUT2D eigenvalue weighted by Gasteiger charge is 2.14. The summed E-state index contributed by atoms with van der Waals surface area (Å²) in [4.78, 5) is 16.0. The number of pyridine rings is 1. The molecule has 0 atom stereocenters. The van der Waals surface area contributed by atoms with Crippen molar-refractivity contribution in [3.63, 3.8) is 0 Å². The van der Waals surface area contributed by atoms with Gasteiger partial charge in [-0.2, -0.15) is 0 Å². The summed E-state index contributed by atoms with van der Waals surface area (Å²) in [7, 11) is 0. The van der Waals surface area contributed by atoms with Crippen LogP contribution in [-0.2, 0) is 0 Å². The second-order valence-electron chi connectivity index (χ2n) is 5.24. The molecule has 0 radical (unpaired) electrons. The van der Waals surface area contributed by atoms with Crippen LogP contribution in [0.1, 0.15) is 10.5 Å². The summed E-state index contributed by atoms with van der Waals surface area (Å²) in [6.45, 7) is 0. The minimum atomic E-state index is -1.59. The van der Waals surface area contributed by atoms with Crippen molar-refractivity contribution in [3.05, 3.63) is 83.7 Å². The maximum Gasteiger partial charge on any atom is 0.274 e. The number of halogens is 4. The average molecular weight is 361 g/mol. The summed E-state index contributed by atoms with van der Waals surface area (Å²) in [6, 6.07) is 9.94. The van der Waals surface area contributed by atoms with E-state index in [1.54, 1.807) is 0 Å². The maximum atomic E-state index is 13.6. The number of benzene rings is 2. The van der Waals surface area contributed by atoms with Crippen molar-refractivity contribution >= 4 is 23.0 Å². The molecule has 0 aliphatic rings. The fourth-order valence-corrected chi connectivity index (χ4v) is 2.14. The first kappa shape index (κ1) is 17.4. The topological polar surface area (TPSA) is 54.0 Å². The zero-order valence-corrected chi connectivity index (χ0v) is 13.1. The molecule has 3 rings (SSSR count). The molecule has 1 aromatic heterocycles. The Hall–Kier alpha value is -3.42. The molecule has 0 saturated carbocycles. The van der Waals surface area contributed by atoms with Crippen LogP contribution in [0.15, 0.2) is 54.7 Å². The zero-order valence-electron chi connectivity index (χ0n) is 13.1. The molecule has 0 unspecified atom stereocenters. The molecule has 0 fully saturated rings. The van der Waals surface area contributed by atoms with E-state index in [1.807, 2.05) is 0 Å². The van der Waals surface area contributed by atoms with E-state index >= 15 is 0 Å². The van der Waals surface area contributed by atoms with Gasteiger partial charge in [0.1, 0.15) is 11.5 Å². The highest BCUT2D eigenvalue weighted by Crippen LogP contribution is 2.23. The minimum absolute atomic E-state index is 0.0329. The van der Waals surface area contributed by atoms with E-state index in [0.29, 0.717) is 0 Å². The van der Waals surface area contributed by atoms with Crippen LogP contribution in [0.3, 0.4) is 0 Å².